The third-order valence-electron chi connectivity index (χ3n) is 3.42. The fraction of sp³-hybridized carbons (Fsp3) is 0.222. The molecule has 2 aromatic rings. The second kappa shape index (κ2) is 8.49. The minimum atomic E-state index is -0.389. The molecular formula is C18H21BrN4O. The highest BCUT2D eigenvalue weighted by molar-refractivity contribution is 9.10. The van der Waals surface area contributed by atoms with E-state index in [0.717, 1.165) is 21.4 Å². The van der Waals surface area contributed by atoms with Gasteiger partial charge in [0.25, 0.3) is 5.91 Å². The van der Waals surface area contributed by atoms with Crippen LogP contribution in [0.5, 0.6) is 0 Å². The summed E-state index contributed by atoms with van der Waals surface area (Å²) >= 11 is 3.38. The van der Waals surface area contributed by atoms with Gasteiger partial charge in [0.05, 0.1) is 6.21 Å². The van der Waals surface area contributed by atoms with Crippen molar-refractivity contribution in [1.29, 1.82) is 0 Å². The Morgan fingerprint density at radius 1 is 1.12 bits per heavy atom. The number of hydrogen-bond acceptors (Lipinski definition) is 4. The number of anilines is 2. The second-order valence-electron chi connectivity index (χ2n) is 5.59. The quantitative estimate of drug-likeness (QED) is 0.588. The van der Waals surface area contributed by atoms with E-state index in [0.29, 0.717) is 0 Å². The summed E-state index contributed by atoms with van der Waals surface area (Å²) < 4.78 is 0.995. The molecule has 2 N–H and O–H groups in total. The Bertz CT molecular complexity index is 696. The highest BCUT2D eigenvalue weighted by atomic mass is 79.9. The maximum atomic E-state index is 12.0. The van der Waals surface area contributed by atoms with Gasteiger partial charge in [-0.3, -0.25) is 4.79 Å². The lowest BCUT2D eigenvalue weighted by atomic mass is 10.2. The molecule has 5 nitrogen and oxygen atoms in total. The molecule has 1 unspecified atom stereocenters. The first-order valence-electron chi connectivity index (χ1n) is 7.58. The van der Waals surface area contributed by atoms with Crippen molar-refractivity contribution in [3.05, 3.63) is 58.6 Å². The molecule has 1 atom stereocenters. The zero-order valence-corrected chi connectivity index (χ0v) is 15.5. The van der Waals surface area contributed by atoms with Gasteiger partial charge < -0.3 is 10.2 Å². The zero-order chi connectivity index (χ0) is 17.5. The Kier molecular flexibility index (Phi) is 6.37. The van der Waals surface area contributed by atoms with Crippen molar-refractivity contribution in [2.45, 2.75) is 13.0 Å². The maximum absolute atomic E-state index is 12.0. The van der Waals surface area contributed by atoms with Gasteiger partial charge in [-0.15, -0.1) is 0 Å². The number of halogens is 1. The first-order chi connectivity index (χ1) is 11.5. The minimum Gasteiger partial charge on any atom is -0.378 e. The van der Waals surface area contributed by atoms with Crippen molar-refractivity contribution in [3.63, 3.8) is 0 Å². The number of carbonyl (C=O) groups excluding carboxylic acids is 1. The summed E-state index contributed by atoms with van der Waals surface area (Å²) in [5.74, 6) is -0.195. The van der Waals surface area contributed by atoms with Crippen molar-refractivity contribution < 1.29 is 4.79 Å². The maximum Gasteiger partial charge on any atom is 0.262 e. The van der Waals surface area contributed by atoms with E-state index in [2.05, 4.69) is 31.8 Å². The van der Waals surface area contributed by atoms with Gasteiger partial charge in [0.1, 0.15) is 6.04 Å². The van der Waals surface area contributed by atoms with Crippen LogP contribution in [0, 0.1) is 0 Å². The fourth-order valence-electron chi connectivity index (χ4n) is 1.99. The van der Waals surface area contributed by atoms with Crippen LogP contribution < -0.4 is 15.6 Å². The smallest absolute Gasteiger partial charge is 0.262 e. The number of benzene rings is 2. The Balaban J connectivity index is 1.86. The minimum absolute atomic E-state index is 0.195. The highest BCUT2D eigenvalue weighted by Gasteiger charge is 2.11. The molecule has 0 spiro atoms. The molecule has 0 heterocycles. The number of nitrogens with zero attached hydrogens (tertiary/aromatic N) is 2. The average molecular weight is 389 g/mol. The van der Waals surface area contributed by atoms with Crippen molar-refractivity contribution >= 4 is 39.4 Å². The van der Waals surface area contributed by atoms with E-state index < -0.39 is 0 Å². The summed E-state index contributed by atoms with van der Waals surface area (Å²) in [6.07, 6.45) is 1.63. The molecule has 1 amide bonds. The van der Waals surface area contributed by atoms with Crippen LogP contribution in [0.25, 0.3) is 0 Å². The topological polar surface area (TPSA) is 56.7 Å². The van der Waals surface area contributed by atoms with E-state index in [1.807, 2.05) is 67.5 Å². The van der Waals surface area contributed by atoms with Crippen LogP contribution in [0.1, 0.15) is 12.5 Å². The summed E-state index contributed by atoms with van der Waals surface area (Å²) in [5.41, 5.74) is 5.47. The van der Waals surface area contributed by atoms with E-state index in [4.69, 9.17) is 0 Å². The van der Waals surface area contributed by atoms with Crippen LogP contribution in [0.2, 0.25) is 0 Å². The Morgan fingerprint density at radius 2 is 1.75 bits per heavy atom. The molecule has 2 rings (SSSR count). The van der Waals surface area contributed by atoms with Crippen molar-refractivity contribution in [3.8, 4) is 0 Å². The molecule has 0 radical (unpaired) electrons. The Labute approximate surface area is 150 Å². The van der Waals surface area contributed by atoms with E-state index >= 15 is 0 Å². The molecule has 6 heteroatoms. The third kappa shape index (κ3) is 5.38. The molecule has 0 aliphatic heterocycles. The number of carbonyl (C=O) groups is 1. The zero-order valence-electron chi connectivity index (χ0n) is 14.0. The lowest BCUT2D eigenvalue weighted by Crippen LogP contribution is -2.34. The van der Waals surface area contributed by atoms with E-state index in [-0.39, 0.29) is 11.9 Å². The lowest BCUT2D eigenvalue weighted by Gasteiger charge is -2.13. The monoisotopic (exact) mass is 388 g/mol. The van der Waals surface area contributed by atoms with Crippen molar-refractivity contribution in [2.24, 2.45) is 5.10 Å². The van der Waals surface area contributed by atoms with Crippen LogP contribution >= 0.6 is 15.9 Å². The number of hydrazone groups is 1. The van der Waals surface area contributed by atoms with Gasteiger partial charge in [-0.05, 0) is 48.9 Å². The van der Waals surface area contributed by atoms with E-state index in [1.54, 1.807) is 13.1 Å². The number of amides is 1. The second-order valence-corrected chi connectivity index (χ2v) is 6.51. The molecular weight excluding hydrogens is 368 g/mol. The van der Waals surface area contributed by atoms with E-state index in [9.17, 15) is 4.79 Å². The van der Waals surface area contributed by atoms with Crippen LogP contribution in [-0.4, -0.2) is 32.3 Å². The van der Waals surface area contributed by atoms with Gasteiger partial charge in [0.15, 0.2) is 0 Å². The van der Waals surface area contributed by atoms with Crippen LogP contribution in [0.15, 0.2) is 58.1 Å². The average Bonchev–Trinajstić information content (AvgIpc) is 2.57. The Hall–Kier alpha value is -2.34. The van der Waals surface area contributed by atoms with Crippen LogP contribution in [-0.2, 0) is 4.79 Å². The molecule has 2 aromatic carbocycles. The Morgan fingerprint density at radius 3 is 2.33 bits per heavy atom. The van der Waals surface area contributed by atoms with Crippen molar-refractivity contribution in [2.75, 3.05) is 24.3 Å². The molecule has 0 saturated heterocycles. The summed E-state index contributed by atoms with van der Waals surface area (Å²) in [6.45, 7) is 1.79. The summed E-state index contributed by atoms with van der Waals surface area (Å²) in [5, 5.41) is 7.13. The summed E-state index contributed by atoms with van der Waals surface area (Å²) in [7, 11) is 3.98. The first-order valence-corrected chi connectivity index (χ1v) is 8.37. The predicted molar refractivity (Wildman–Crippen MR) is 104 cm³/mol. The first kappa shape index (κ1) is 18.0. The molecule has 0 aliphatic rings. The van der Waals surface area contributed by atoms with Gasteiger partial charge in [-0.1, -0.05) is 28.1 Å². The molecule has 0 aliphatic carbocycles. The van der Waals surface area contributed by atoms with Gasteiger partial charge >= 0.3 is 0 Å². The van der Waals surface area contributed by atoms with Gasteiger partial charge in [-0.25, -0.2) is 5.43 Å². The molecule has 0 saturated carbocycles. The molecule has 0 aromatic heterocycles. The van der Waals surface area contributed by atoms with Crippen LogP contribution in [0.3, 0.4) is 0 Å². The number of nitrogens with one attached hydrogen (secondary N) is 2. The largest absolute Gasteiger partial charge is 0.378 e. The van der Waals surface area contributed by atoms with Crippen molar-refractivity contribution in [1.82, 2.24) is 5.43 Å². The van der Waals surface area contributed by atoms with E-state index in [1.165, 1.54) is 0 Å². The SMILES string of the molecule is CC(Nc1ccc(Br)cc1)C(=O)N/N=C/c1ccc(N(C)C)cc1. The lowest BCUT2D eigenvalue weighted by molar-refractivity contribution is -0.121. The molecule has 0 fully saturated rings. The summed E-state index contributed by atoms with van der Waals surface area (Å²) in [4.78, 5) is 14.1. The highest BCUT2D eigenvalue weighted by Crippen LogP contribution is 2.15. The fourth-order valence-corrected chi connectivity index (χ4v) is 2.25. The van der Waals surface area contributed by atoms with Gasteiger partial charge in [0, 0.05) is 29.9 Å². The molecule has 0 bridgehead atoms. The standard InChI is InChI=1S/C18H21BrN4O/c1-13(21-16-8-6-15(19)7-9-16)18(24)22-20-12-14-4-10-17(11-5-14)23(2)3/h4-13,21H,1-3H3,(H,22,24)/b20-12+. The molecule has 126 valence electrons. The normalized spacial score (nSPS) is 12.0. The number of rotatable bonds is 6. The summed E-state index contributed by atoms with van der Waals surface area (Å²) in [6, 6.07) is 15.2. The van der Waals surface area contributed by atoms with Gasteiger partial charge in [0.2, 0.25) is 0 Å². The molecule has 24 heavy (non-hydrogen) atoms. The van der Waals surface area contributed by atoms with Crippen LogP contribution in [0.4, 0.5) is 11.4 Å². The third-order valence-corrected chi connectivity index (χ3v) is 3.95. The number of hydrogen-bond donors (Lipinski definition) is 2. The van der Waals surface area contributed by atoms with Gasteiger partial charge in [-0.2, -0.15) is 5.10 Å². The predicted octanol–water partition coefficient (Wildman–Crippen LogP) is 3.47.